The van der Waals surface area contributed by atoms with Crippen molar-refractivity contribution in [3.63, 3.8) is 0 Å². The Hall–Kier alpha value is -2.89. The number of nitrogens with zero attached hydrogens (tertiary/aromatic N) is 5. The Balaban J connectivity index is 0.000000408. The number of anilines is 2. The second-order valence-electron chi connectivity index (χ2n) is 13.2. The van der Waals surface area contributed by atoms with E-state index < -0.39 is 0 Å². The highest BCUT2D eigenvalue weighted by Gasteiger charge is 2.31. The van der Waals surface area contributed by atoms with E-state index in [1.165, 1.54) is 51.3 Å². The Kier molecular flexibility index (Phi) is 14.0. The molecule has 10 heteroatoms. The number of nitrogen functional groups attached to an aromatic ring is 1. The molecule has 0 amide bonds. The first-order valence-electron chi connectivity index (χ1n) is 17.6. The summed E-state index contributed by atoms with van der Waals surface area (Å²) in [5.41, 5.74) is 12.9. The summed E-state index contributed by atoms with van der Waals surface area (Å²) in [5, 5.41) is 12.3. The lowest BCUT2D eigenvalue weighted by Crippen LogP contribution is -2.22. The molecule has 2 N–H and O–H groups in total. The van der Waals surface area contributed by atoms with Crippen LogP contribution in [-0.2, 0) is 18.0 Å². The van der Waals surface area contributed by atoms with Crippen LogP contribution in [-0.4, -0.2) is 48.1 Å². The molecule has 0 spiro atoms. The van der Waals surface area contributed by atoms with E-state index in [9.17, 15) is 5.26 Å². The van der Waals surface area contributed by atoms with Crippen molar-refractivity contribution >= 4 is 59.1 Å². The molecule has 5 rings (SSSR count). The van der Waals surface area contributed by atoms with Crippen LogP contribution < -0.4 is 15.9 Å². The fourth-order valence-electron chi connectivity index (χ4n) is 6.52. The van der Waals surface area contributed by atoms with E-state index in [0.717, 1.165) is 87.3 Å². The Morgan fingerprint density at radius 2 is 1.90 bits per heavy atom. The molecule has 1 aromatic carbocycles. The van der Waals surface area contributed by atoms with Crippen molar-refractivity contribution in [3.8, 4) is 6.07 Å². The van der Waals surface area contributed by atoms with Crippen molar-refractivity contribution in [1.82, 2.24) is 14.9 Å². The van der Waals surface area contributed by atoms with Gasteiger partial charge in [0.1, 0.15) is 16.9 Å². The van der Waals surface area contributed by atoms with Gasteiger partial charge in [0.15, 0.2) is 0 Å². The van der Waals surface area contributed by atoms with E-state index in [-0.39, 0.29) is 5.83 Å². The summed E-state index contributed by atoms with van der Waals surface area (Å²) >= 11 is 1.12. The summed E-state index contributed by atoms with van der Waals surface area (Å²) in [6.07, 6.45) is 11.9. The maximum atomic E-state index is 15.2. The number of hydrogen-bond acceptors (Lipinski definition) is 8. The molecule has 0 aliphatic carbocycles. The standard InChI is InChI=1S/C28H31FN5OPS.C10H23N/c1-5-15(4)21(23-16(9-30)27(31)37-26(23)20(29)6-2)22-19-13-35-12-18(19)17-10-32-28(33-24(17)25(22)36)34-8-7-14(3)11-34;1-4-6-8-10-11(3)9-7-5-2/h6,10,14H,5,7-8,11-13,31,36H2,1-4H3;4-10H2,1-3H3/b20-6+,21-15+;. The van der Waals surface area contributed by atoms with Gasteiger partial charge in [-0.05, 0) is 87.8 Å². The summed E-state index contributed by atoms with van der Waals surface area (Å²) in [4.78, 5) is 14.8. The van der Waals surface area contributed by atoms with E-state index in [1.807, 2.05) is 13.1 Å². The second-order valence-corrected chi connectivity index (χ2v) is 14.8. The number of hydrogen-bond donors (Lipinski definition) is 1. The third kappa shape index (κ3) is 8.28. The third-order valence-electron chi connectivity index (χ3n) is 9.50. The lowest BCUT2D eigenvalue weighted by atomic mass is 9.85. The van der Waals surface area contributed by atoms with E-state index in [1.54, 1.807) is 6.92 Å². The highest BCUT2D eigenvalue weighted by molar-refractivity contribution is 7.28. The molecular formula is C38H54FN6OPS. The number of unbranched alkanes of at least 4 members (excludes halogenated alkanes) is 3. The van der Waals surface area contributed by atoms with Crippen LogP contribution in [0.5, 0.6) is 0 Å². The molecule has 2 unspecified atom stereocenters. The number of halogens is 1. The van der Waals surface area contributed by atoms with Crippen LogP contribution in [0.3, 0.4) is 0 Å². The molecule has 260 valence electrons. The average Bonchev–Trinajstić information content (AvgIpc) is 3.83. The first-order valence-corrected chi connectivity index (χ1v) is 19.0. The molecule has 2 aromatic heterocycles. The normalized spacial score (nSPS) is 16.6. The van der Waals surface area contributed by atoms with Gasteiger partial charge in [0.25, 0.3) is 0 Å². The van der Waals surface area contributed by atoms with Gasteiger partial charge in [0, 0.05) is 35.5 Å². The molecular weight excluding hydrogens is 638 g/mol. The van der Waals surface area contributed by atoms with Crippen molar-refractivity contribution in [3.05, 3.63) is 50.5 Å². The lowest BCUT2D eigenvalue weighted by Gasteiger charge is -2.22. The van der Waals surface area contributed by atoms with E-state index >= 15 is 4.39 Å². The zero-order valence-corrected chi connectivity index (χ0v) is 32.0. The van der Waals surface area contributed by atoms with Gasteiger partial charge in [-0.3, -0.25) is 0 Å². The minimum absolute atomic E-state index is 0.311. The largest absolute Gasteiger partial charge is 0.389 e. The van der Waals surface area contributed by atoms with Crippen LogP contribution in [0.2, 0.25) is 0 Å². The second kappa shape index (κ2) is 17.7. The van der Waals surface area contributed by atoms with Gasteiger partial charge in [-0.15, -0.1) is 20.6 Å². The summed E-state index contributed by atoms with van der Waals surface area (Å²) in [6.45, 7) is 17.8. The third-order valence-corrected chi connectivity index (χ3v) is 11.1. The molecule has 1 fully saturated rings. The molecule has 2 aliphatic heterocycles. The monoisotopic (exact) mass is 692 g/mol. The number of thiophene rings is 1. The van der Waals surface area contributed by atoms with Gasteiger partial charge >= 0.3 is 0 Å². The van der Waals surface area contributed by atoms with Crippen LogP contribution in [0.4, 0.5) is 15.3 Å². The minimum Gasteiger partial charge on any atom is -0.389 e. The Bertz CT molecular complexity index is 1690. The number of nitrogens with two attached hydrogens (primary N) is 1. The Morgan fingerprint density at radius 1 is 1.19 bits per heavy atom. The molecule has 0 bridgehead atoms. The molecule has 2 aliphatic rings. The number of aromatic nitrogens is 2. The van der Waals surface area contributed by atoms with Crippen molar-refractivity contribution < 1.29 is 9.13 Å². The molecule has 7 nitrogen and oxygen atoms in total. The average molecular weight is 693 g/mol. The number of allylic oxidation sites excluding steroid dienone is 2. The molecule has 4 heterocycles. The minimum atomic E-state index is -0.388. The SMILES string of the molecule is C/C=C(/F)c1sc(N)c(C#N)c1/C(=C(\C)CC)c1c2c(c3cnc(N4CCC(C)C4)nc3c1P)COC2.CCCCCN(C)CCCC. The smallest absolute Gasteiger partial charge is 0.225 e. The number of nitriles is 1. The van der Waals surface area contributed by atoms with Crippen LogP contribution in [0, 0.1) is 17.2 Å². The zero-order chi connectivity index (χ0) is 35.0. The molecule has 0 radical (unpaired) electrons. The van der Waals surface area contributed by atoms with Crippen molar-refractivity contribution in [2.24, 2.45) is 5.92 Å². The number of ether oxygens (including phenoxy) is 1. The maximum absolute atomic E-state index is 15.2. The number of fused-ring (bicyclic) bond motifs is 3. The first kappa shape index (κ1) is 37.9. The van der Waals surface area contributed by atoms with Gasteiger partial charge in [0.05, 0.1) is 29.2 Å². The molecule has 3 aromatic rings. The molecule has 48 heavy (non-hydrogen) atoms. The van der Waals surface area contributed by atoms with Crippen molar-refractivity contribution in [2.75, 3.05) is 43.9 Å². The summed E-state index contributed by atoms with van der Waals surface area (Å²) in [5.74, 6) is 0.941. The van der Waals surface area contributed by atoms with Gasteiger partial charge in [-0.2, -0.15) is 5.26 Å². The van der Waals surface area contributed by atoms with Gasteiger partial charge < -0.3 is 20.3 Å². The zero-order valence-electron chi connectivity index (χ0n) is 30.0. The van der Waals surface area contributed by atoms with Crippen LogP contribution in [0.25, 0.3) is 22.3 Å². The van der Waals surface area contributed by atoms with Crippen LogP contribution in [0.1, 0.15) is 119 Å². The molecule has 2 atom stereocenters. The Labute approximate surface area is 293 Å². The summed E-state index contributed by atoms with van der Waals surface area (Å²) < 4.78 is 21.2. The molecule has 1 saturated heterocycles. The topological polar surface area (TPSA) is 91.3 Å². The highest BCUT2D eigenvalue weighted by Crippen LogP contribution is 2.46. The van der Waals surface area contributed by atoms with Crippen molar-refractivity contribution in [1.29, 1.82) is 5.26 Å². The van der Waals surface area contributed by atoms with Gasteiger partial charge in [-0.1, -0.05) is 58.6 Å². The fraction of sp³-hybridized carbons (Fsp3) is 0.553. The fourth-order valence-corrected chi connectivity index (χ4v) is 8.05. The summed E-state index contributed by atoms with van der Waals surface area (Å²) in [7, 11) is 5.11. The van der Waals surface area contributed by atoms with Gasteiger partial charge in [-0.25, -0.2) is 14.4 Å². The van der Waals surface area contributed by atoms with Crippen LogP contribution >= 0.6 is 20.6 Å². The van der Waals surface area contributed by atoms with E-state index in [4.69, 9.17) is 20.4 Å². The maximum Gasteiger partial charge on any atom is 0.225 e. The van der Waals surface area contributed by atoms with Gasteiger partial charge in [0.2, 0.25) is 5.95 Å². The van der Waals surface area contributed by atoms with Crippen molar-refractivity contribution in [2.45, 2.75) is 99.7 Å². The first-order chi connectivity index (χ1) is 23.1. The number of benzene rings is 1. The Morgan fingerprint density at radius 3 is 2.52 bits per heavy atom. The predicted molar refractivity (Wildman–Crippen MR) is 205 cm³/mol. The van der Waals surface area contributed by atoms with Crippen LogP contribution in [0.15, 0.2) is 17.8 Å². The summed E-state index contributed by atoms with van der Waals surface area (Å²) in [6, 6.07) is 2.25. The predicted octanol–water partition coefficient (Wildman–Crippen LogP) is 8.99. The highest BCUT2D eigenvalue weighted by atomic mass is 32.1. The number of rotatable bonds is 12. The quantitative estimate of drug-likeness (QED) is 0.150. The van der Waals surface area contributed by atoms with E-state index in [0.29, 0.717) is 40.1 Å². The van der Waals surface area contributed by atoms with E-state index in [2.05, 4.69) is 59.9 Å². The molecule has 0 saturated carbocycles. The lowest BCUT2D eigenvalue weighted by molar-refractivity contribution is 0.135.